The fourth-order valence-corrected chi connectivity index (χ4v) is 13.0. The molecule has 2 aromatic heterocycles. The summed E-state index contributed by atoms with van der Waals surface area (Å²) in [6.07, 6.45) is 16.4. The van der Waals surface area contributed by atoms with Gasteiger partial charge in [-0.25, -0.2) is 9.59 Å². The van der Waals surface area contributed by atoms with E-state index < -0.39 is 23.4 Å². The van der Waals surface area contributed by atoms with Crippen molar-refractivity contribution in [3.8, 4) is 11.5 Å². The maximum Gasteiger partial charge on any atom is 0.338 e. The second-order valence-corrected chi connectivity index (χ2v) is 22.6. The summed E-state index contributed by atoms with van der Waals surface area (Å²) in [5.74, 6) is 3.09. The number of carbonyl (C=O) groups excluding carboxylic acids is 2. The summed E-state index contributed by atoms with van der Waals surface area (Å²) in [7, 11) is 3.33. The fourth-order valence-electron chi connectivity index (χ4n) is 13.0. The third-order valence-corrected chi connectivity index (χ3v) is 16.8. The number of aromatic nitrogens is 2. The quantitative estimate of drug-likeness (QED) is 0.0992. The Balaban J connectivity index is 0.000000174. The normalized spacial score (nSPS) is 32.7. The van der Waals surface area contributed by atoms with Crippen molar-refractivity contribution in [3.05, 3.63) is 97.4 Å². The van der Waals surface area contributed by atoms with Crippen LogP contribution < -0.4 is 9.47 Å². The first-order chi connectivity index (χ1) is 33.5. The molecule has 0 N–H and O–H groups in total. The third-order valence-electron chi connectivity index (χ3n) is 16.8. The van der Waals surface area contributed by atoms with Gasteiger partial charge in [0.2, 0.25) is 0 Å². The Kier molecular flexibility index (Phi) is 14.3. The van der Waals surface area contributed by atoms with Crippen LogP contribution in [0, 0.1) is 23.7 Å². The second kappa shape index (κ2) is 20.0. The number of pyridine rings is 2. The van der Waals surface area contributed by atoms with Gasteiger partial charge in [0, 0.05) is 47.4 Å². The molecule has 0 saturated carbocycles. The van der Waals surface area contributed by atoms with Crippen LogP contribution in [0.1, 0.15) is 129 Å². The molecule has 376 valence electrons. The van der Waals surface area contributed by atoms with Crippen LogP contribution in [0.3, 0.4) is 0 Å². The molecule has 8 saturated heterocycles. The monoisotopic (exact) mass is 957 g/mol. The highest BCUT2D eigenvalue weighted by Crippen LogP contribution is 2.47. The van der Waals surface area contributed by atoms with Crippen LogP contribution in [-0.2, 0) is 28.5 Å². The molecule has 4 aromatic rings. The predicted molar refractivity (Wildman–Crippen MR) is 273 cm³/mol. The van der Waals surface area contributed by atoms with Gasteiger partial charge in [0.1, 0.15) is 23.7 Å². The van der Waals surface area contributed by atoms with Crippen molar-refractivity contribution in [2.45, 2.75) is 152 Å². The number of carbonyl (C=O) groups is 2. The topological polar surface area (TPSA) is 122 Å². The van der Waals surface area contributed by atoms with Crippen LogP contribution >= 0.6 is 0 Å². The molecule has 0 amide bonds. The van der Waals surface area contributed by atoms with Gasteiger partial charge >= 0.3 is 11.9 Å². The van der Waals surface area contributed by atoms with E-state index in [2.05, 4.69) is 72.8 Å². The van der Waals surface area contributed by atoms with E-state index in [9.17, 15) is 9.59 Å². The van der Waals surface area contributed by atoms with E-state index in [0.29, 0.717) is 36.5 Å². The Morgan fingerprint density at radius 1 is 0.643 bits per heavy atom. The van der Waals surface area contributed by atoms with Crippen LogP contribution in [0.4, 0.5) is 0 Å². The molecule has 2 aromatic carbocycles. The maximum absolute atomic E-state index is 13.8. The van der Waals surface area contributed by atoms with E-state index >= 15 is 0 Å². The fraction of sp³-hybridized carbons (Fsp3) is 0.586. The summed E-state index contributed by atoms with van der Waals surface area (Å²) < 4.78 is 36.7. The minimum absolute atomic E-state index is 0.103. The number of hydrogen-bond donors (Lipinski definition) is 0. The number of hydrogen-bond acceptors (Lipinski definition) is 12. The lowest BCUT2D eigenvalue weighted by molar-refractivity contribution is -0.211. The Morgan fingerprint density at radius 3 is 1.40 bits per heavy atom. The van der Waals surface area contributed by atoms with Gasteiger partial charge in [-0.1, -0.05) is 12.2 Å². The highest BCUT2D eigenvalue weighted by Gasteiger charge is 2.51. The molecular formula is C58H76N4O8. The van der Waals surface area contributed by atoms with Crippen molar-refractivity contribution < 1.29 is 38.0 Å². The van der Waals surface area contributed by atoms with Crippen LogP contribution in [-0.4, -0.2) is 107 Å². The average Bonchev–Trinajstić information content (AvgIpc) is 3.36. The molecule has 12 rings (SSSR count). The van der Waals surface area contributed by atoms with Crippen molar-refractivity contribution in [2.24, 2.45) is 23.7 Å². The molecule has 10 heterocycles. The third kappa shape index (κ3) is 10.1. The van der Waals surface area contributed by atoms with Gasteiger partial charge < -0.3 is 28.4 Å². The molecular weight excluding hydrogens is 881 g/mol. The first-order valence-electron chi connectivity index (χ1n) is 25.9. The predicted octanol–water partition coefficient (Wildman–Crippen LogP) is 10.9. The van der Waals surface area contributed by atoms with Crippen molar-refractivity contribution in [1.82, 2.24) is 19.8 Å². The Labute approximate surface area is 415 Å². The maximum atomic E-state index is 13.8. The number of methoxy groups -OCH3 is 2. The highest BCUT2D eigenvalue weighted by molar-refractivity contribution is 5.86. The lowest BCUT2D eigenvalue weighted by Crippen LogP contribution is -2.56. The van der Waals surface area contributed by atoms with Crippen LogP contribution in [0.5, 0.6) is 11.5 Å². The van der Waals surface area contributed by atoms with Gasteiger partial charge in [-0.05, 0) is 191 Å². The number of piperidine rings is 6. The summed E-state index contributed by atoms with van der Waals surface area (Å²) in [6, 6.07) is 16.0. The lowest BCUT2D eigenvalue weighted by Gasteiger charge is -2.51. The summed E-state index contributed by atoms with van der Waals surface area (Å²) in [5.41, 5.74) is 1.10. The summed E-state index contributed by atoms with van der Waals surface area (Å²) in [4.78, 5) is 41.7. The zero-order chi connectivity index (χ0) is 49.6. The summed E-state index contributed by atoms with van der Waals surface area (Å²) in [5, 5.41) is 1.92. The molecule has 12 atom stereocenters. The Bertz CT molecular complexity index is 2410. The molecule has 8 aliphatic heterocycles. The molecule has 8 aliphatic rings. The number of benzene rings is 2. The Hall–Kier alpha value is -4.88. The van der Waals surface area contributed by atoms with E-state index in [1.54, 1.807) is 14.2 Å². The smallest absolute Gasteiger partial charge is 0.338 e. The van der Waals surface area contributed by atoms with Gasteiger partial charge in [0.15, 0.2) is 11.2 Å². The van der Waals surface area contributed by atoms with E-state index in [1.165, 1.54) is 0 Å². The molecule has 12 nitrogen and oxygen atoms in total. The van der Waals surface area contributed by atoms with Gasteiger partial charge in [-0.2, -0.15) is 0 Å². The highest BCUT2D eigenvalue weighted by atomic mass is 16.6. The SMILES string of the molecule is C=CC1CN2CC[C@H]1C[C@H]2[C@H](OC(=O)C1(C)CCCC(C)(C)O1)c1ccnc2ccc(OC)cc12.C=CC1CN2CC[C@H]1C[C@H]2[C@H](OC(=O)[C@]1(C)CCCC(C)(C)O1)c1ccnc2ccc(OC)cc12. The van der Waals surface area contributed by atoms with Crippen molar-refractivity contribution in [3.63, 3.8) is 0 Å². The van der Waals surface area contributed by atoms with Gasteiger partial charge in [-0.3, -0.25) is 19.8 Å². The van der Waals surface area contributed by atoms with Gasteiger partial charge in [-0.15, -0.1) is 13.2 Å². The number of esters is 2. The van der Waals surface area contributed by atoms with Crippen LogP contribution in [0.25, 0.3) is 21.8 Å². The van der Waals surface area contributed by atoms with Crippen molar-refractivity contribution in [1.29, 1.82) is 0 Å². The number of ether oxygens (including phenoxy) is 6. The Morgan fingerprint density at radius 2 is 1.06 bits per heavy atom. The largest absolute Gasteiger partial charge is 0.497 e. The first kappa shape index (κ1) is 50.1. The van der Waals surface area contributed by atoms with Crippen molar-refractivity contribution in [2.75, 3.05) is 40.4 Å². The average molecular weight is 957 g/mol. The van der Waals surface area contributed by atoms with Crippen molar-refractivity contribution >= 4 is 33.7 Å². The molecule has 0 spiro atoms. The molecule has 0 radical (unpaired) electrons. The van der Waals surface area contributed by atoms with Crippen LogP contribution in [0.2, 0.25) is 0 Å². The van der Waals surface area contributed by atoms with E-state index in [0.717, 1.165) is 122 Å². The molecule has 8 fully saturated rings. The lowest BCUT2D eigenvalue weighted by atomic mass is 9.73. The minimum Gasteiger partial charge on any atom is -0.497 e. The standard InChI is InChI=1S/2C29H38N2O4/c2*1-6-19-18-31-15-11-20(19)16-25(31)26(34-27(32)29(4)13-7-12-28(2,3)35-29)22-10-14-30-24-9-8-21(33-5)17-23(22)24/h2*6,8-10,14,17,19-20,25-26H,1,7,11-13,15-16,18H2,2-5H3/t19?,20-,25-,26+,29?;19?,20-,25-,26+,29-/m00/s1. The van der Waals surface area contributed by atoms with E-state index in [-0.39, 0.29) is 35.2 Å². The summed E-state index contributed by atoms with van der Waals surface area (Å²) >= 11 is 0. The molecule has 12 heteroatoms. The molecule has 70 heavy (non-hydrogen) atoms. The number of fused-ring (bicyclic) bond motifs is 8. The van der Waals surface area contributed by atoms with Gasteiger partial charge in [0.05, 0.1) is 48.5 Å². The van der Waals surface area contributed by atoms with E-state index in [4.69, 9.17) is 28.4 Å². The van der Waals surface area contributed by atoms with E-state index in [1.807, 2.05) is 74.8 Å². The number of nitrogens with zero attached hydrogens (tertiary/aromatic N) is 4. The molecule has 4 bridgehead atoms. The number of rotatable bonds is 12. The summed E-state index contributed by atoms with van der Waals surface area (Å²) in [6.45, 7) is 24.1. The molecule has 5 unspecified atom stereocenters. The zero-order valence-electron chi connectivity index (χ0n) is 42.9. The second-order valence-electron chi connectivity index (χ2n) is 22.6. The first-order valence-corrected chi connectivity index (χ1v) is 25.9. The zero-order valence-corrected chi connectivity index (χ0v) is 42.9. The van der Waals surface area contributed by atoms with Crippen LogP contribution in [0.15, 0.2) is 86.2 Å². The minimum atomic E-state index is -0.951. The molecule has 0 aliphatic carbocycles. The van der Waals surface area contributed by atoms with Gasteiger partial charge in [0.25, 0.3) is 0 Å².